The summed E-state index contributed by atoms with van der Waals surface area (Å²) in [4.78, 5) is 0. The van der Waals surface area contributed by atoms with E-state index in [0.717, 1.165) is 17.3 Å². The van der Waals surface area contributed by atoms with Crippen LogP contribution in [0.25, 0.3) is 11.5 Å². The van der Waals surface area contributed by atoms with Crippen LogP contribution in [0.4, 0.5) is 13.2 Å². The Morgan fingerprint density at radius 3 is 2.55 bits per heavy atom. The van der Waals surface area contributed by atoms with E-state index in [4.69, 9.17) is 9.15 Å². The van der Waals surface area contributed by atoms with E-state index in [1.54, 1.807) is 31.4 Å². The summed E-state index contributed by atoms with van der Waals surface area (Å²) >= 11 is 1.14. The SMILES string of the molecule is COc1ccc(-c2nnc(SCCOCC(F)(F)F)o2)cc1. The highest BCUT2D eigenvalue weighted by Crippen LogP contribution is 2.24. The lowest BCUT2D eigenvalue weighted by Crippen LogP contribution is -2.17. The number of hydrogen-bond donors (Lipinski definition) is 0. The Morgan fingerprint density at radius 2 is 1.91 bits per heavy atom. The maximum absolute atomic E-state index is 11.9. The molecular weight excluding hydrogens is 321 g/mol. The first-order chi connectivity index (χ1) is 10.5. The lowest BCUT2D eigenvalue weighted by Gasteiger charge is -2.05. The summed E-state index contributed by atoms with van der Waals surface area (Å²) in [5.41, 5.74) is 0.730. The Labute approximate surface area is 128 Å². The maximum Gasteiger partial charge on any atom is 0.411 e. The predicted octanol–water partition coefficient (Wildman–Crippen LogP) is 3.42. The van der Waals surface area contributed by atoms with Crippen molar-refractivity contribution in [2.45, 2.75) is 11.4 Å². The van der Waals surface area contributed by atoms with Crippen LogP contribution in [0.15, 0.2) is 33.9 Å². The first kappa shape index (κ1) is 16.6. The molecule has 2 aromatic rings. The van der Waals surface area contributed by atoms with Gasteiger partial charge in [0.1, 0.15) is 12.4 Å². The van der Waals surface area contributed by atoms with Gasteiger partial charge in [-0.1, -0.05) is 11.8 Å². The van der Waals surface area contributed by atoms with Crippen LogP contribution in [0.5, 0.6) is 5.75 Å². The van der Waals surface area contributed by atoms with Crippen molar-refractivity contribution in [2.75, 3.05) is 26.1 Å². The lowest BCUT2D eigenvalue weighted by molar-refractivity contribution is -0.172. The second kappa shape index (κ2) is 7.50. The molecule has 0 saturated carbocycles. The van der Waals surface area contributed by atoms with E-state index in [0.29, 0.717) is 17.4 Å². The van der Waals surface area contributed by atoms with E-state index >= 15 is 0 Å². The van der Waals surface area contributed by atoms with E-state index in [2.05, 4.69) is 14.9 Å². The molecule has 0 atom stereocenters. The molecule has 0 aliphatic heterocycles. The summed E-state index contributed by atoms with van der Waals surface area (Å²) in [7, 11) is 1.57. The molecule has 0 fully saturated rings. The van der Waals surface area contributed by atoms with Crippen molar-refractivity contribution in [2.24, 2.45) is 0 Å². The van der Waals surface area contributed by atoms with Crippen molar-refractivity contribution in [3.05, 3.63) is 24.3 Å². The van der Waals surface area contributed by atoms with Gasteiger partial charge in [0.25, 0.3) is 5.22 Å². The van der Waals surface area contributed by atoms with Gasteiger partial charge in [0, 0.05) is 11.3 Å². The van der Waals surface area contributed by atoms with E-state index in [-0.39, 0.29) is 11.8 Å². The molecule has 0 spiro atoms. The molecule has 0 saturated heterocycles. The number of hydrogen-bond acceptors (Lipinski definition) is 6. The van der Waals surface area contributed by atoms with Crippen LogP contribution < -0.4 is 4.74 Å². The number of benzene rings is 1. The summed E-state index contributed by atoms with van der Waals surface area (Å²) in [5, 5.41) is 7.98. The molecule has 5 nitrogen and oxygen atoms in total. The zero-order chi connectivity index (χ0) is 16.0. The minimum atomic E-state index is -4.31. The van der Waals surface area contributed by atoms with Gasteiger partial charge in [-0.2, -0.15) is 13.2 Å². The topological polar surface area (TPSA) is 57.4 Å². The Hall–Kier alpha value is -1.74. The average molecular weight is 334 g/mol. The number of halogens is 3. The molecule has 120 valence electrons. The van der Waals surface area contributed by atoms with Crippen LogP contribution in [-0.4, -0.2) is 42.5 Å². The second-order valence-electron chi connectivity index (χ2n) is 4.12. The van der Waals surface area contributed by atoms with Crippen molar-refractivity contribution < 1.29 is 27.1 Å². The number of ether oxygens (including phenoxy) is 2. The Bertz CT molecular complexity index is 587. The maximum atomic E-state index is 11.9. The number of nitrogens with zero attached hydrogens (tertiary/aromatic N) is 2. The van der Waals surface area contributed by atoms with Crippen LogP contribution in [0.1, 0.15) is 0 Å². The third-order valence-corrected chi connectivity index (χ3v) is 3.25. The number of methoxy groups -OCH3 is 1. The van der Waals surface area contributed by atoms with Crippen molar-refractivity contribution in [1.29, 1.82) is 0 Å². The smallest absolute Gasteiger partial charge is 0.411 e. The summed E-state index contributed by atoms with van der Waals surface area (Å²) < 4.78 is 50.6. The summed E-state index contributed by atoms with van der Waals surface area (Å²) in [5.74, 6) is 1.33. The highest BCUT2D eigenvalue weighted by molar-refractivity contribution is 7.99. The van der Waals surface area contributed by atoms with Crippen LogP contribution in [0.3, 0.4) is 0 Å². The van der Waals surface area contributed by atoms with Crippen LogP contribution in [-0.2, 0) is 4.74 Å². The van der Waals surface area contributed by atoms with Gasteiger partial charge in [0.15, 0.2) is 0 Å². The molecule has 1 aromatic carbocycles. The minimum Gasteiger partial charge on any atom is -0.497 e. The average Bonchev–Trinajstić information content (AvgIpc) is 2.95. The highest BCUT2D eigenvalue weighted by Gasteiger charge is 2.27. The van der Waals surface area contributed by atoms with Gasteiger partial charge in [0.05, 0.1) is 13.7 Å². The molecule has 1 heterocycles. The molecule has 0 unspecified atom stereocenters. The third-order valence-electron chi connectivity index (χ3n) is 2.46. The second-order valence-corrected chi connectivity index (χ2v) is 5.16. The summed E-state index contributed by atoms with van der Waals surface area (Å²) in [6.07, 6.45) is -4.31. The fourth-order valence-corrected chi connectivity index (χ4v) is 2.11. The minimum absolute atomic E-state index is 0.0512. The van der Waals surface area contributed by atoms with Crippen LogP contribution >= 0.6 is 11.8 Å². The van der Waals surface area contributed by atoms with Crippen molar-refractivity contribution in [3.8, 4) is 17.2 Å². The molecule has 22 heavy (non-hydrogen) atoms. The Kier molecular flexibility index (Phi) is 5.67. The van der Waals surface area contributed by atoms with E-state index in [1.807, 2.05) is 0 Å². The molecular formula is C13H13F3N2O3S. The largest absolute Gasteiger partial charge is 0.497 e. The highest BCUT2D eigenvalue weighted by atomic mass is 32.2. The molecule has 0 radical (unpaired) electrons. The summed E-state index contributed by atoms with van der Waals surface area (Å²) in [6, 6.07) is 7.06. The Morgan fingerprint density at radius 1 is 1.18 bits per heavy atom. The van der Waals surface area contributed by atoms with Crippen molar-refractivity contribution in [3.63, 3.8) is 0 Å². The van der Waals surface area contributed by atoms with Gasteiger partial charge in [0.2, 0.25) is 5.89 Å². The summed E-state index contributed by atoms with van der Waals surface area (Å²) in [6.45, 7) is -1.31. The molecule has 1 aromatic heterocycles. The van der Waals surface area contributed by atoms with Gasteiger partial charge >= 0.3 is 6.18 Å². The molecule has 2 rings (SSSR count). The molecule has 0 bridgehead atoms. The lowest BCUT2D eigenvalue weighted by atomic mass is 10.2. The molecule has 0 amide bonds. The molecule has 0 aliphatic rings. The van der Waals surface area contributed by atoms with E-state index in [9.17, 15) is 13.2 Å². The van der Waals surface area contributed by atoms with Crippen LogP contribution in [0.2, 0.25) is 0 Å². The van der Waals surface area contributed by atoms with Gasteiger partial charge in [-0.05, 0) is 24.3 Å². The first-order valence-electron chi connectivity index (χ1n) is 6.23. The number of aromatic nitrogens is 2. The molecule has 0 aliphatic carbocycles. The van der Waals surface area contributed by atoms with Crippen molar-refractivity contribution in [1.82, 2.24) is 10.2 Å². The molecule has 0 N–H and O–H groups in total. The number of alkyl halides is 3. The first-order valence-corrected chi connectivity index (χ1v) is 7.22. The zero-order valence-corrected chi connectivity index (χ0v) is 12.4. The van der Waals surface area contributed by atoms with Gasteiger partial charge in [-0.25, -0.2) is 0 Å². The monoisotopic (exact) mass is 334 g/mol. The van der Waals surface area contributed by atoms with E-state index in [1.165, 1.54) is 0 Å². The zero-order valence-electron chi connectivity index (χ0n) is 11.6. The normalized spacial score (nSPS) is 11.6. The van der Waals surface area contributed by atoms with Gasteiger partial charge in [-0.3, -0.25) is 0 Å². The van der Waals surface area contributed by atoms with Gasteiger partial charge < -0.3 is 13.9 Å². The predicted molar refractivity (Wildman–Crippen MR) is 73.9 cm³/mol. The quantitative estimate of drug-likeness (QED) is 0.571. The van der Waals surface area contributed by atoms with Crippen molar-refractivity contribution >= 4 is 11.8 Å². The third kappa shape index (κ3) is 5.23. The fraction of sp³-hybridized carbons (Fsp3) is 0.385. The van der Waals surface area contributed by atoms with Gasteiger partial charge in [-0.15, -0.1) is 10.2 Å². The fourth-order valence-electron chi connectivity index (χ4n) is 1.49. The van der Waals surface area contributed by atoms with Crippen LogP contribution in [0, 0.1) is 0 Å². The number of rotatable bonds is 7. The standard InChI is InChI=1S/C13H13F3N2O3S/c1-19-10-4-2-9(3-5-10)11-17-18-12(21-11)22-7-6-20-8-13(14,15)16/h2-5H,6-8H2,1H3. The molecule has 9 heteroatoms. The number of thioether (sulfide) groups is 1. The van der Waals surface area contributed by atoms with E-state index < -0.39 is 12.8 Å². The Balaban J connectivity index is 1.81.